The molecule has 1 nitrogen and oxygen atoms in total. The lowest BCUT2D eigenvalue weighted by Gasteiger charge is -2.05. The molecule has 0 aromatic carbocycles. The van der Waals surface area contributed by atoms with E-state index in [-0.39, 0.29) is 0 Å². The lowest BCUT2D eigenvalue weighted by molar-refractivity contribution is 0.541. The normalized spacial score (nSPS) is 19.4. The Balaban J connectivity index is 1.73. The van der Waals surface area contributed by atoms with Gasteiger partial charge in [0.2, 0.25) is 0 Å². The third kappa shape index (κ3) is 7.32. The zero-order valence-corrected chi connectivity index (χ0v) is 11.6. The molecule has 1 rings (SSSR count). The molecule has 0 amide bonds. The van der Waals surface area contributed by atoms with E-state index in [4.69, 9.17) is 0 Å². The van der Waals surface area contributed by atoms with Gasteiger partial charge in [-0.1, -0.05) is 64.7 Å². The summed E-state index contributed by atoms with van der Waals surface area (Å²) in [5.41, 5.74) is 2.03. The van der Waals surface area contributed by atoms with Crippen molar-refractivity contribution in [1.29, 1.82) is 0 Å². The zero-order valence-electron chi connectivity index (χ0n) is 10.8. The number of hydrogen-bond acceptors (Lipinski definition) is 2. The molecule has 1 aliphatic rings. The van der Waals surface area contributed by atoms with Gasteiger partial charge in [0.05, 0.1) is 11.6 Å². The summed E-state index contributed by atoms with van der Waals surface area (Å²) in [6.45, 7) is 2.28. The van der Waals surface area contributed by atoms with Gasteiger partial charge in [0.25, 0.3) is 0 Å². The van der Waals surface area contributed by atoms with Gasteiger partial charge in [0, 0.05) is 5.75 Å². The predicted octanol–water partition coefficient (Wildman–Crippen LogP) is 5.05. The zero-order chi connectivity index (χ0) is 11.5. The molecule has 2 heteroatoms. The van der Waals surface area contributed by atoms with Crippen molar-refractivity contribution in [2.45, 2.75) is 77.2 Å². The molecule has 0 aliphatic carbocycles. The number of unbranched alkanes of at least 4 members (excludes halogenated alkanes) is 8. The number of rotatable bonds is 10. The van der Waals surface area contributed by atoms with Gasteiger partial charge in [-0.05, 0) is 6.42 Å². The summed E-state index contributed by atoms with van der Waals surface area (Å²) < 4.78 is 0. The molecular formula is C14H27NS. The Morgan fingerprint density at radius 2 is 1.62 bits per heavy atom. The van der Waals surface area contributed by atoms with E-state index in [0.29, 0.717) is 6.04 Å². The van der Waals surface area contributed by atoms with Gasteiger partial charge in [-0.25, -0.2) is 0 Å². The third-order valence-electron chi connectivity index (χ3n) is 3.28. The summed E-state index contributed by atoms with van der Waals surface area (Å²) in [7, 11) is 0. The van der Waals surface area contributed by atoms with Crippen LogP contribution in [-0.2, 0) is 0 Å². The molecule has 1 unspecified atom stereocenters. The van der Waals surface area contributed by atoms with Crippen molar-refractivity contribution in [3.05, 3.63) is 0 Å². The molecule has 1 atom stereocenters. The number of aliphatic imine (C=N–C) groups is 1. The van der Waals surface area contributed by atoms with Crippen LogP contribution in [0.2, 0.25) is 0 Å². The van der Waals surface area contributed by atoms with E-state index in [1.165, 1.54) is 70.0 Å². The van der Waals surface area contributed by atoms with Gasteiger partial charge < -0.3 is 0 Å². The number of thioether (sulfide) groups is 1. The molecule has 0 fully saturated rings. The van der Waals surface area contributed by atoms with E-state index >= 15 is 0 Å². The molecule has 94 valence electrons. The molecule has 0 saturated heterocycles. The Hall–Kier alpha value is 0.0200. The van der Waals surface area contributed by atoms with Crippen molar-refractivity contribution in [1.82, 2.24) is 0 Å². The molecular weight excluding hydrogens is 214 g/mol. The summed E-state index contributed by atoms with van der Waals surface area (Å²) in [6.07, 6.45) is 14.2. The minimum Gasteiger partial charge on any atom is -0.282 e. The summed E-state index contributed by atoms with van der Waals surface area (Å²) in [4.78, 5) is 4.44. The quantitative estimate of drug-likeness (QED) is 0.487. The van der Waals surface area contributed by atoms with E-state index in [1.807, 2.05) is 17.3 Å². The second-order valence-corrected chi connectivity index (χ2v) is 5.74. The standard InChI is InChI=1S/C14H27NS/c1-2-3-4-5-6-7-8-9-10-11-14-12-16-13-15-14/h13-14H,2-12H2,1H3. The fraction of sp³-hybridized carbons (Fsp3) is 0.929. The Kier molecular flexibility index (Phi) is 8.97. The van der Waals surface area contributed by atoms with E-state index in [1.54, 1.807) is 0 Å². The fourth-order valence-corrected chi connectivity index (χ4v) is 2.99. The van der Waals surface area contributed by atoms with Crippen LogP contribution in [0.4, 0.5) is 0 Å². The Morgan fingerprint density at radius 1 is 1.00 bits per heavy atom. The topological polar surface area (TPSA) is 12.4 Å². The third-order valence-corrected chi connectivity index (χ3v) is 4.12. The summed E-state index contributed by atoms with van der Waals surface area (Å²) in [5.74, 6) is 1.23. The van der Waals surface area contributed by atoms with E-state index in [0.717, 1.165) is 0 Å². The van der Waals surface area contributed by atoms with Gasteiger partial charge >= 0.3 is 0 Å². The Bertz CT molecular complexity index is 180. The maximum Gasteiger partial charge on any atom is 0.0600 e. The fourth-order valence-electron chi connectivity index (χ4n) is 2.17. The second kappa shape index (κ2) is 10.2. The van der Waals surface area contributed by atoms with Crippen molar-refractivity contribution >= 4 is 17.3 Å². The van der Waals surface area contributed by atoms with Gasteiger partial charge in [0.15, 0.2) is 0 Å². The first-order chi connectivity index (χ1) is 7.93. The molecule has 1 heterocycles. The number of nitrogens with zero attached hydrogens (tertiary/aromatic N) is 1. The van der Waals surface area contributed by atoms with Gasteiger partial charge in [-0.2, -0.15) is 0 Å². The molecule has 0 spiro atoms. The maximum atomic E-state index is 4.44. The van der Waals surface area contributed by atoms with Crippen LogP contribution in [0, 0.1) is 0 Å². The van der Waals surface area contributed by atoms with Crippen molar-refractivity contribution < 1.29 is 0 Å². The maximum absolute atomic E-state index is 4.44. The van der Waals surface area contributed by atoms with Crippen LogP contribution in [0.1, 0.15) is 71.1 Å². The first-order valence-electron chi connectivity index (χ1n) is 7.06. The minimum atomic E-state index is 0.648. The highest BCUT2D eigenvalue weighted by Gasteiger charge is 2.09. The molecule has 0 saturated carbocycles. The van der Waals surface area contributed by atoms with Crippen LogP contribution in [-0.4, -0.2) is 17.3 Å². The Morgan fingerprint density at radius 3 is 2.19 bits per heavy atom. The average Bonchev–Trinajstić information content (AvgIpc) is 2.80. The molecule has 16 heavy (non-hydrogen) atoms. The SMILES string of the molecule is CCCCCCCCCCCC1CSC=N1. The van der Waals surface area contributed by atoms with Gasteiger partial charge in [-0.15, -0.1) is 11.8 Å². The highest BCUT2D eigenvalue weighted by molar-refractivity contribution is 8.12. The van der Waals surface area contributed by atoms with E-state index in [9.17, 15) is 0 Å². The molecule has 0 aromatic rings. The van der Waals surface area contributed by atoms with E-state index in [2.05, 4.69) is 11.9 Å². The van der Waals surface area contributed by atoms with Gasteiger partial charge in [0.1, 0.15) is 0 Å². The van der Waals surface area contributed by atoms with Crippen LogP contribution < -0.4 is 0 Å². The molecule has 0 aromatic heterocycles. The van der Waals surface area contributed by atoms with Crippen molar-refractivity contribution in [3.8, 4) is 0 Å². The first kappa shape index (κ1) is 14.1. The Labute approximate surface area is 105 Å². The van der Waals surface area contributed by atoms with Crippen LogP contribution in [0.25, 0.3) is 0 Å². The predicted molar refractivity (Wildman–Crippen MR) is 76.6 cm³/mol. The first-order valence-corrected chi connectivity index (χ1v) is 8.11. The minimum absolute atomic E-state index is 0.648. The largest absolute Gasteiger partial charge is 0.282 e. The monoisotopic (exact) mass is 241 g/mol. The van der Waals surface area contributed by atoms with Crippen LogP contribution in [0.3, 0.4) is 0 Å². The molecule has 0 N–H and O–H groups in total. The van der Waals surface area contributed by atoms with Crippen molar-refractivity contribution in [2.24, 2.45) is 4.99 Å². The second-order valence-electron chi connectivity index (χ2n) is 4.86. The van der Waals surface area contributed by atoms with Crippen LogP contribution in [0.5, 0.6) is 0 Å². The highest BCUT2D eigenvalue weighted by atomic mass is 32.2. The number of hydrogen-bond donors (Lipinski definition) is 0. The molecule has 0 bridgehead atoms. The van der Waals surface area contributed by atoms with Crippen molar-refractivity contribution in [3.63, 3.8) is 0 Å². The lowest BCUT2D eigenvalue weighted by Crippen LogP contribution is -2.02. The van der Waals surface area contributed by atoms with Crippen LogP contribution in [0.15, 0.2) is 4.99 Å². The molecule has 1 aliphatic heterocycles. The van der Waals surface area contributed by atoms with Gasteiger partial charge in [-0.3, -0.25) is 4.99 Å². The average molecular weight is 241 g/mol. The smallest absolute Gasteiger partial charge is 0.0600 e. The van der Waals surface area contributed by atoms with Crippen molar-refractivity contribution in [2.75, 3.05) is 5.75 Å². The summed E-state index contributed by atoms with van der Waals surface area (Å²) in [5, 5.41) is 0. The lowest BCUT2D eigenvalue weighted by atomic mass is 10.1. The van der Waals surface area contributed by atoms with E-state index < -0.39 is 0 Å². The summed E-state index contributed by atoms with van der Waals surface area (Å²) >= 11 is 1.87. The molecule has 0 radical (unpaired) electrons. The summed E-state index contributed by atoms with van der Waals surface area (Å²) in [6, 6.07) is 0.648. The highest BCUT2D eigenvalue weighted by Crippen LogP contribution is 2.18. The van der Waals surface area contributed by atoms with Crippen LogP contribution >= 0.6 is 11.8 Å².